The lowest BCUT2D eigenvalue weighted by Gasteiger charge is -2.05. The minimum absolute atomic E-state index is 0.347. The van der Waals surface area contributed by atoms with Crippen LogP contribution in [0, 0.1) is 6.92 Å². The first-order valence-electron chi connectivity index (χ1n) is 4.42. The van der Waals surface area contributed by atoms with Crippen LogP contribution in [0.5, 0.6) is 5.75 Å². The molecule has 0 aliphatic rings. The van der Waals surface area contributed by atoms with E-state index in [0.29, 0.717) is 17.1 Å². The van der Waals surface area contributed by atoms with Gasteiger partial charge in [-0.3, -0.25) is 0 Å². The summed E-state index contributed by atoms with van der Waals surface area (Å²) in [5.41, 5.74) is 1.07. The van der Waals surface area contributed by atoms with Gasteiger partial charge in [-0.2, -0.15) is 0 Å². The lowest BCUT2D eigenvalue weighted by molar-refractivity contribution is 0.395. The molecule has 0 amide bonds. The Balaban J connectivity index is 3.38. The fraction of sp³-hybridized carbons (Fsp3) is 0.364. The third-order valence-corrected chi connectivity index (χ3v) is 2.18. The summed E-state index contributed by atoms with van der Waals surface area (Å²) >= 11 is 0. The summed E-state index contributed by atoms with van der Waals surface area (Å²) in [6, 6.07) is 1.73. The molecule has 0 radical (unpaired) electrons. The largest absolute Gasteiger partial charge is 0.496 e. The second-order valence-corrected chi connectivity index (χ2v) is 3.06. The maximum Gasteiger partial charge on any atom is 0.342 e. The molecule has 0 saturated carbocycles. The van der Waals surface area contributed by atoms with Gasteiger partial charge in [0, 0.05) is 6.07 Å². The Labute approximate surface area is 83.0 Å². The minimum atomic E-state index is -0.347. The highest BCUT2D eigenvalue weighted by atomic mass is 16.5. The Bertz CT molecular complexity index is 413. The Morgan fingerprint density at radius 2 is 2.21 bits per heavy atom. The van der Waals surface area contributed by atoms with Crippen LogP contribution in [0.25, 0.3) is 5.57 Å². The van der Waals surface area contributed by atoms with Gasteiger partial charge >= 0.3 is 5.63 Å². The van der Waals surface area contributed by atoms with Crippen molar-refractivity contribution in [2.75, 3.05) is 7.11 Å². The molecule has 0 N–H and O–H groups in total. The lowest BCUT2D eigenvalue weighted by atomic mass is 10.2. The highest BCUT2D eigenvalue weighted by Crippen LogP contribution is 2.20. The molecule has 3 heteroatoms. The molecule has 0 unspecified atom stereocenters. The van der Waals surface area contributed by atoms with Crippen molar-refractivity contribution in [3.05, 3.63) is 33.9 Å². The zero-order chi connectivity index (χ0) is 10.7. The summed E-state index contributed by atoms with van der Waals surface area (Å²) < 4.78 is 10.2. The quantitative estimate of drug-likeness (QED) is 0.725. The van der Waals surface area contributed by atoms with E-state index in [1.807, 2.05) is 19.9 Å². The molecule has 0 fully saturated rings. The Kier molecular flexibility index (Phi) is 3.12. The lowest BCUT2D eigenvalue weighted by Crippen LogP contribution is -2.06. The summed E-state index contributed by atoms with van der Waals surface area (Å²) in [5.74, 6) is 1.12. The molecule has 1 aromatic heterocycles. The molecule has 76 valence electrons. The van der Waals surface area contributed by atoms with Crippen molar-refractivity contribution in [3.8, 4) is 5.75 Å². The van der Waals surface area contributed by atoms with E-state index in [9.17, 15) is 4.79 Å². The molecule has 0 aliphatic heterocycles. The summed E-state index contributed by atoms with van der Waals surface area (Å²) in [4.78, 5) is 11.4. The topological polar surface area (TPSA) is 39.4 Å². The molecule has 0 saturated heterocycles. The Hall–Kier alpha value is -1.51. The molecule has 0 aliphatic carbocycles. The maximum atomic E-state index is 11.4. The zero-order valence-corrected chi connectivity index (χ0v) is 8.88. The predicted molar refractivity (Wildman–Crippen MR) is 55.6 cm³/mol. The minimum Gasteiger partial charge on any atom is -0.496 e. The average molecular weight is 194 g/mol. The molecule has 0 bridgehead atoms. The van der Waals surface area contributed by atoms with Crippen molar-refractivity contribution in [2.45, 2.75) is 20.8 Å². The maximum absolute atomic E-state index is 11.4. The second-order valence-electron chi connectivity index (χ2n) is 3.06. The third-order valence-electron chi connectivity index (χ3n) is 2.18. The predicted octanol–water partition coefficient (Wildman–Crippen LogP) is 2.38. The van der Waals surface area contributed by atoms with E-state index in [4.69, 9.17) is 9.15 Å². The fourth-order valence-corrected chi connectivity index (χ4v) is 1.08. The van der Waals surface area contributed by atoms with Gasteiger partial charge < -0.3 is 9.15 Å². The van der Waals surface area contributed by atoms with Gasteiger partial charge in [-0.1, -0.05) is 6.08 Å². The van der Waals surface area contributed by atoms with E-state index in [0.717, 1.165) is 5.57 Å². The van der Waals surface area contributed by atoms with Crippen LogP contribution in [0.15, 0.2) is 21.4 Å². The van der Waals surface area contributed by atoms with E-state index in [-0.39, 0.29) is 5.63 Å². The first-order valence-corrected chi connectivity index (χ1v) is 4.42. The first kappa shape index (κ1) is 10.6. The summed E-state index contributed by atoms with van der Waals surface area (Å²) in [6.07, 6.45) is 1.88. The van der Waals surface area contributed by atoms with Crippen molar-refractivity contribution >= 4 is 5.57 Å². The summed E-state index contributed by atoms with van der Waals surface area (Å²) in [5, 5.41) is 0. The van der Waals surface area contributed by atoms with Gasteiger partial charge in [0.1, 0.15) is 11.5 Å². The highest BCUT2D eigenvalue weighted by molar-refractivity contribution is 5.60. The molecule has 1 aromatic rings. The standard InChI is InChI=1S/C11H14O3/c1-5-7(2)9-6-10(13-4)8(3)11(12)14-9/h5-6H,1-4H3. The van der Waals surface area contributed by atoms with Crippen molar-refractivity contribution in [1.29, 1.82) is 0 Å². The van der Waals surface area contributed by atoms with E-state index in [1.54, 1.807) is 13.0 Å². The van der Waals surface area contributed by atoms with Crippen molar-refractivity contribution < 1.29 is 9.15 Å². The van der Waals surface area contributed by atoms with Crippen LogP contribution >= 0.6 is 0 Å². The van der Waals surface area contributed by atoms with Gasteiger partial charge in [-0.15, -0.1) is 0 Å². The Morgan fingerprint density at radius 3 is 2.71 bits per heavy atom. The molecular formula is C11H14O3. The van der Waals surface area contributed by atoms with Gasteiger partial charge in [-0.25, -0.2) is 4.79 Å². The van der Waals surface area contributed by atoms with Gasteiger partial charge in [0.2, 0.25) is 0 Å². The third kappa shape index (κ3) is 1.87. The molecule has 14 heavy (non-hydrogen) atoms. The number of allylic oxidation sites excluding steroid dienone is 2. The van der Waals surface area contributed by atoms with Crippen LogP contribution in [-0.4, -0.2) is 7.11 Å². The zero-order valence-electron chi connectivity index (χ0n) is 8.88. The SMILES string of the molecule is CC=C(C)c1cc(OC)c(C)c(=O)o1. The Morgan fingerprint density at radius 1 is 1.57 bits per heavy atom. The van der Waals surface area contributed by atoms with Crippen molar-refractivity contribution in [3.63, 3.8) is 0 Å². The summed E-state index contributed by atoms with van der Waals surface area (Å²) in [7, 11) is 1.54. The van der Waals surface area contributed by atoms with E-state index < -0.39 is 0 Å². The molecule has 3 nitrogen and oxygen atoms in total. The molecule has 1 heterocycles. The number of methoxy groups -OCH3 is 1. The van der Waals surface area contributed by atoms with Crippen LogP contribution in [0.4, 0.5) is 0 Å². The van der Waals surface area contributed by atoms with Gasteiger partial charge in [0.25, 0.3) is 0 Å². The van der Waals surface area contributed by atoms with Crippen LogP contribution in [0.2, 0.25) is 0 Å². The van der Waals surface area contributed by atoms with Gasteiger partial charge in [0.15, 0.2) is 0 Å². The van der Waals surface area contributed by atoms with Gasteiger partial charge in [-0.05, 0) is 26.3 Å². The number of hydrogen-bond donors (Lipinski definition) is 0. The van der Waals surface area contributed by atoms with Crippen LogP contribution in [0.1, 0.15) is 25.2 Å². The van der Waals surface area contributed by atoms with E-state index >= 15 is 0 Å². The molecule has 0 atom stereocenters. The van der Waals surface area contributed by atoms with Crippen LogP contribution < -0.4 is 10.4 Å². The van der Waals surface area contributed by atoms with Crippen molar-refractivity contribution in [1.82, 2.24) is 0 Å². The number of ether oxygens (including phenoxy) is 1. The molecule has 0 spiro atoms. The number of hydrogen-bond acceptors (Lipinski definition) is 3. The van der Waals surface area contributed by atoms with E-state index in [2.05, 4.69) is 0 Å². The van der Waals surface area contributed by atoms with E-state index in [1.165, 1.54) is 7.11 Å². The van der Waals surface area contributed by atoms with Crippen LogP contribution in [0.3, 0.4) is 0 Å². The van der Waals surface area contributed by atoms with Crippen LogP contribution in [-0.2, 0) is 0 Å². The van der Waals surface area contributed by atoms with Crippen molar-refractivity contribution in [2.24, 2.45) is 0 Å². The fourth-order valence-electron chi connectivity index (χ4n) is 1.08. The molecular weight excluding hydrogens is 180 g/mol. The monoisotopic (exact) mass is 194 g/mol. The highest BCUT2D eigenvalue weighted by Gasteiger charge is 2.08. The normalized spacial score (nSPS) is 11.6. The smallest absolute Gasteiger partial charge is 0.342 e. The molecule has 1 rings (SSSR count). The van der Waals surface area contributed by atoms with Gasteiger partial charge in [0.05, 0.1) is 12.7 Å². The average Bonchev–Trinajstić information content (AvgIpc) is 2.20. The second kappa shape index (κ2) is 4.13. The number of rotatable bonds is 2. The summed E-state index contributed by atoms with van der Waals surface area (Å²) in [6.45, 7) is 5.45. The molecule has 0 aromatic carbocycles. The first-order chi connectivity index (χ1) is 6.60.